The van der Waals surface area contributed by atoms with Crippen LogP contribution < -0.4 is 0 Å². The molecule has 25 heteroatoms. The summed E-state index contributed by atoms with van der Waals surface area (Å²) in [6, 6.07) is 0. The molecule has 0 aromatic rings. The van der Waals surface area contributed by atoms with Crippen molar-refractivity contribution >= 4 is 56.8 Å². The van der Waals surface area contributed by atoms with Crippen molar-refractivity contribution in [2.24, 2.45) is 0 Å². The van der Waals surface area contributed by atoms with E-state index in [1.807, 2.05) is 0 Å². The van der Waals surface area contributed by atoms with Crippen LogP contribution in [0.2, 0.25) is 0 Å². The van der Waals surface area contributed by atoms with Crippen molar-refractivity contribution in [3.05, 3.63) is 0 Å². The molecule has 0 aromatic heterocycles. The van der Waals surface area contributed by atoms with Gasteiger partial charge in [-0.2, -0.15) is 0 Å². The largest absolute Gasteiger partial charge is 0.975 e. The second kappa shape index (κ2) is 14.9. The molecule has 0 aliphatic heterocycles. The number of rotatable bonds is 16. The first-order chi connectivity index (χ1) is 18.6. The van der Waals surface area contributed by atoms with Gasteiger partial charge in [0.15, 0.2) is 48.8 Å². The van der Waals surface area contributed by atoms with Crippen molar-refractivity contribution in [1.82, 2.24) is 0 Å². The van der Waals surface area contributed by atoms with E-state index in [-0.39, 0.29) is 0 Å². The Morgan fingerprint density at radius 2 is 0.488 bits per heavy atom. The summed E-state index contributed by atoms with van der Waals surface area (Å²) >= 11 is 0. The topological polar surface area (TPSA) is 416 Å². The van der Waals surface area contributed by atoms with Crippen LogP contribution in [-0.4, -0.2) is 167 Å². The molecule has 0 radical (unpaired) electrons. The first kappa shape index (κ1) is 36.7. The SMILES string of the molecule is O=C(O)C(O)C(O)C(=O)O[Si](OC(=O)C(O)C(O)C(=O)O)(OC(=O)C(O)C(O)C(=O)O)OC(=O)C(O)C(O)C(=O)O. The summed E-state index contributed by atoms with van der Waals surface area (Å²) in [5.74, 6) is -19.9. The number of carbonyl (C=O) groups is 8. The zero-order chi connectivity index (χ0) is 32.6. The highest BCUT2D eigenvalue weighted by Crippen LogP contribution is 2.20. The Bertz CT molecular complexity index is 889. The van der Waals surface area contributed by atoms with Crippen LogP contribution in [0, 0.1) is 0 Å². The van der Waals surface area contributed by atoms with Gasteiger partial charge in [0.2, 0.25) is 0 Å². The van der Waals surface area contributed by atoms with Gasteiger partial charge in [0.1, 0.15) is 0 Å². The van der Waals surface area contributed by atoms with Crippen LogP contribution in [0.3, 0.4) is 0 Å². The van der Waals surface area contributed by atoms with Gasteiger partial charge in [-0.1, -0.05) is 0 Å². The van der Waals surface area contributed by atoms with E-state index in [4.69, 9.17) is 20.4 Å². The van der Waals surface area contributed by atoms with Gasteiger partial charge in [-0.15, -0.1) is 0 Å². The fourth-order valence-electron chi connectivity index (χ4n) is 1.92. The zero-order valence-electron chi connectivity index (χ0n) is 19.4. The summed E-state index contributed by atoms with van der Waals surface area (Å²) < 4.78 is 16.5. The van der Waals surface area contributed by atoms with Gasteiger partial charge < -0.3 is 79.0 Å². The van der Waals surface area contributed by atoms with Crippen LogP contribution in [0.5, 0.6) is 0 Å². The monoisotopic (exact) mass is 624 g/mol. The Hall–Kier alpha value is -4.34. The number of carboxylic acids is 4. The lowest BCUT2D eigenvalue weighted by Crippen LogP contribution is -2.61. The summed E-state index contributed by atoms with van der Waals surface area (Å²) in [5.41, 5.74) is 0. The smallest absolute Gasteiger partial charge is 0.479 e. The highest BCUT2D eigenvalue weighted by atomic mass is 28.4. The predicted octanol–water partition coefficient (Wildman–Crippen LogP) is -9.18. The Labute approximate surface area is 223 Å². The summed E-state index contributed by atoms with van der Waals surface area (Å²) in [6.07, 6.45) is -25.7. The minimum absolute atomic E-state index is 2.37. The van der Waals surface area contributed by atoms with E-state index in [9.17, 15) is 79.2 Å². The first-order valence-electron chi connectivity index (χ1n) is 9.87. The van der Waals surface area contributed by atoms with E-state index in [0.29, 0.717) is 0 Å². The number of aliphatic hydroxyl groups is 8. The number of aliphatic hydroxyl groups excluding tert-OH is 8. The molecule has 0 aliphatic rings. The van der Waals surface area contributed by atoms with E-state index < -0.39 is 106 Å². The molecule has 0 rings (SSSR count). The van der Waals surface area contributed by atoms with E-state index in [1.165, 1.54) is 0 Å². The minimum Gasteiger partial charge on any atom is -0.479 e. The van der Waals surface area contributed by atoms with E-state index in [0.717, 1.165) is 0 Å². The summed E-state index contributed by atoms with van der Waals surface area (Å²) in [4.78, 5) is 92.2. The summed E-state index contributed by atoms with van der Waals surface area (Å²) in [5, 5.41) is 110. The van der Waals surface area contributed by atoms with E-state index in [2.05, 4.69) is 17.7 Å². The second-order valence-corrected chi connectivity index (χ2v) is 8.91. The molecule has 0 heterocycles. The molecule has 0 saturated carbocycles. The third-order valence-corrected chi connectivity index (χ3v) is 5.88. The maximum atomic E-state index is 12.2. The third kappa shape index (κ3) is 9.97. The second-order valence-electron chi connectivity index (χ2n) is 7.10. The van der Waals surface area contributed by atoms with E-state index in [1.54, 1.807) is 0 Å². The quantitative estimate of drug-likeness (QED) is 0.0709. The molecule has 0 bridgehead atoms. The molecule has 0 spiro atoms. The van der Waals surface area contributed by atoms with E-state index >= 15 is 0 Å². The molecule has 24 nitrogen and oxygen atoms in total. The molecule has 0 aromatic carbocycles. The molecule has 232 valence electrons. The lowest BCUT2D eigenvalue weighted by molar-refractivity contribution is -0.187. The lowest BCUT2D eigenvalue weighted by atomic mass is 10.2. The van der Waals surface area contributed by atoms with Crippen LogP contribution in [0.15, 0.2) is 0 Å². The maximum Gasteiger partial charge on any atom is 0.975 e. The zero-order valence-corrected chi connectivity index (χ0v) is 20.4. The number of hydrogen-bond donors (Lipinski definition) is 12. The predicted molar refractivity (Wildman–Crippen MR) is 109 cm³/mol. The first-order valence-corrected chi connectivity index (χ1v) is 11.5. The molecule has 0 aliphatic carbocycles. The van der Waals surface area contributed by atoms with Gasteiger partial charge in [0, 0.05) is 0 Å². The van der Waals surface area contributed by atoms with Crippen LogP contribution in [0.1, 0.15) is 0 Å². The Morgan fingerprint density at radius 3 is 0.610 bits per heavy atom. The lowest BCUT2D eigenvalue weighted by Gasteiger charge is -2.29. The molecule has 12 N–H and O–H groups in total. The fourth-order valence-corrected chi connectivity index (χ4v) is 3.63. The molecule has 0 fully saturated rings. The van der Waals surface area contributed by atoms with Gasteiger partial charge in [-0.3, -0.25) is 19.2 Å². The molecular weight excluding hydrogens is 604 g/mol. The minimum atomic E-state index is -6.88. The van der Waals surface area contributed by atoms with Gasteiger partial charge in [0.05, 0.1) is 0 Å². The summed E-state index contributed by atoms with van der Waals surface area (Å²) in [7, 11) is -6.88. The maximum absolute atomic E-state index is 12.2. The highest BCUT2D eigenvalue weighted by Gasteiger charge is 2.66. The average Bonchev–Trinajstić information content (AvgIpc) is 2.88. The van der Waals surface area contributed by atoms with Crippen molar-refractivity contribution in [1.29, 1.82) is 0 Å². The Morgan fingerprint density at radius 1 is 0.341 bits per heavy atom. The van der Waals surface area contributed by atoms with Gasteiger partial charge >= 0.3 is 56.8 Å². The number of carboxylic acid groups (broad SMARTS) is 4. The van der Waals surface area contributed by atoms with Gasteiger partial charge in [-0.05, 0) is 0 Å². The van der Waals surface area contributed by atoms with Crippen LogP contribution in [-0.2, 0) is 56.1 Å². The molecular formula is C16H20O24Si. The Kier molecular flexibility index (Phi) is 13.3. The molecule has 0 amide bonds. The number of hydrogen-bond acceptors (Lipinski definition) is 20. The molecule has 0 saturated heterocycles. The average molecular weight is 624 g/mol. The van der Waals surface area contributed by atoms with Gasteiger partial charge in [-0.25, -0.2) is 19.2 Å². The number of carbonyl (C=O) groups excluding carboxylic acids is 4. The third-order valence-electron chi connectivity index (χ3n) is 4.08. The van der Waals surface area contributed by atoms with Crippen LogP contribution in [0.4, 0.5) is 0 Å². The fraction of sp³-hybridized carbons (Fsp3) is 0.500. The molecule has 41 heavy (non-hydrogen) atoms. The van der Waals surface area contributed by atoms with Crippen molar-refractivity contribution in [2.45, 2.75) is 48.8 Å². The molecule has 8 atom stereocenters. The summed E-state index contributed by atoms with van der Waals surface area (Å²) in [6.45, 7) is 0. The van der Waals surface area contributed by atoms with Crippen molar-refractivity contribution in [3.8, 4) is 0 Å². The van der Waals surface area contributed by atoms with Crippen molar-refractivity contribution in [2.75, 3.05) is 0 Å². The van der Waals surface area contributed by atoms with Crippen LogP contribution >= 0.6 is 0 Å². The van der Waals surface area contributed by atoms with Crippen LogP contribution in [0.25, 0.3) is 0 Å². The normalized spacial score (nSPS) is 18.3. The van der Waals surface area contributed by atoms with Gasteiger partial charge in [0.25, 0.3) is 0 Å². The van der Waals surface area contributed by atoms with Crippen molar-refractivity contribution < 1.29 is 117 Å². The molecule has 8 unspecified atom stereocenters. The standard InChI is InChI=1S/C16H20O24Si/c17-1(9(25)26)5(21)13(33)37-41(38-14(34)6(22)2(18)10(27)28,39-15(35)7(23)3(19)11(29)30)40-16(36)8(24)4(20)12(31)32/h1-8,17-24H,(H,25,26)(H,27,28)(H,29,30)(H,31,32). The van der Waals surface area contributed by atoms with Crippen molar-refractivity contribution in [3.63, 3.8) is 0 Å². The highest BCUT2D eigenvalue weighted by molar-refractivity contribution is 6.61. The Balaban J connectivity index is 6.97. The number of aliphatic carboxylic acids is 4.